The summed E-state index contributed by atoms with van der Waals surface area (Å²) in [5.74, 6) is -0.0113. The monoisotopic (exact) mass is 411 g/mol. The summed E-state index contributed by atoms with van der Waals surface area (Å²) < 4.78 is 0. The van der Waals surface area contributed by atoms with Gasteiger partial charge in [-0.3, -0.25) is 9.59 Å². The van der Waals surface area contributed by atoms with Gasteiger partial charge >= 0.3 is 0 Å². The van der Waals surface area contributed by atoms with E-state index in [0.29, 0.717) is 6.54 Å². The third-order valence-electron chi connectivity index (χ3n) is 6.47. The molecule has 1 saturated carbocycles. The number of para-hydroxylation sites is 1. The number of halogens is 1. The van der Waals surface area contributed by atoms with Crippen LogP contribution in [0.2, 0.25) is 5.02 Å². The van der Waals surface area contributed by atoms with Crippen molar-refractivity contribution in [1.29, 1.82) is 0 Å². The molecule has 2 fully saturated rings. The van der Waals surface area contributed by atoms with Gasteiger partial charge < -0.3 is 15.5 Å². The number of rotatable bonds is 4. The van der Waals surface area contributed by atoms with Crippen LogP contribution in [-0.2, 0) is 15.0 Å². The molecule has 5 nitrogen and oxygen atoms in total. The quantitative estimate of drug-likeness (QED) is 0.838. The molecule has 2 aromatic rings. The van der Waals surface area contributed by atoms with E-state index in [0.717, 1.165) is 36.4 Å². The van der Waals surface area contributed by atoms with Crippen molar-refractivity contribution in [3.63, 3.8) is 0 Å². The second-order valence-electron chi connectivity index (χ2n) is 8.06. The van der Waals surface area contributed by atoms with Crippen LogP contribution in [0.25, 0.3) is 0 Å². The third-order valence-corrected chi connectivity index (χ3v) is 6.70. The summed E-state index contributed by atoms with van der Waals surface area (Å²) in [6.45, 7) is 0.801. The van der Waals surface area contributed by atoms with Gasteiger partial charge in [-0.25, -0.2) is 0 Å². The van der Waals surface area contributed by atoms with Gasteiger partial charge in [0.2, 0.25) is 11.8 Å². The first-order chi connectivity index (χ1) is 14.0. The van der Waals surface area contributed by atoms with Crippen molar-refractivity contribution in [3.05, 3.63) is 65.2 Å². The van der Waals surface area contributed by atoms with E-state index < -0.39 is 0 Å². The molecule has 1 heterocycles. The molecular formula is C23H26ClN3O2. The van der Waals surface area contributed by atoms with Crippen molar-refractivity contribution in [2.75, 3.05) is 24.5 Å². The molecule has 0 aromatic heterocycles. The van der Waals surface area contributed by atoms with Gasteiger partial charge in [-0.15, -0.1) is 0 Å². The maximum atomic E-state index is 12.9. The van der Waals surface area contributed by atoms with Crippen molar-refractivity contribution in [2.45, 2.75) is 37.1 Å². The highest BCUT2D eigenvalue weighted by atomic mass is 35.5. The third kappa shape index (κ3) is 3.89. The molecule has 1 aliphatic carbocycles. The Morgan fingerprint density at radius 3 is 2.34 bits per heavy atom. The number of benzene rings is 2. The van der Waals surface area contributed by atoms with Crippen molar-refractivity contribution >= 4 is 29.1 Å². The fraction of sp³-hybridized carbons (Fsp3) is 0.391. The average Bonchev–Trinajstić information content (AvgIpc) is 2.76. The Hall–Kier alpha value is -2.37. The number of hydrogen-bond donors (Lipinski definition) is 1. The molecule has 2 aliphatic rings. The molecule has 4 rings (SSSR count). The summed E-state index contributed by atoms with van der Waals surface area (Å²) in [6.07, 6.45) is 3.45. The molecule has 0 spiro atoms. The molecule has 6 heteroatoms. The number of carbonyl (C=O) groups is 2. The van der Waals surface area contributed by atoms with E-state index in [4.69, 9.17) is 17.3 Å². The molecule has 152 valence electrons. The van der Waals surface area contributed by atoms with Crippen LogP contribution in [0, 0.1) is 0 Å². The second kappa shape index (κ2) is 8.17. The number of amides is 2. The summed E-state index contributed by atoms with van der Waals surface area (Å²) in [5.41, 5.74) is 8.02. The molecule has 0 radical (unpaired) electrons. The number of nitrogens with two attached hydrogens (primary N) is 1. The molecule has 1 aliphatic heterocycles. The topological polar surface area (TPSA) is 66.6 Å². The second-order valence-corrected chi connectivity index (χ2v) is 8.50. The summed E-state index contributed by atoms with van der Waals surface area (Å²) in [6, 6.07) is 17.4. The molecule has 0 bridgehead atoms. The van der Waals surface area contributed by atoms with E-state index in [9.17, 15) is 9.59 Å². The average molecular weight is 412 g/mol. The zero-order chi connectivity index (χ0) is 20.4. The summed E-state index contributed by atoms with van der Waals surface area (Å²) >= 11 is 6.20. The van der Waals surface area contributed by atoms with Crippen LogP contribution in [0.3, 0.4) is 0 Å². The highest BCUT2D eigenvalue weighted by molar-refractivity contribution is 6.30. The molecule has 2 amide bonds. The number of piperazine rings is 1. The minimum atomic E-state index is -0.111. The number of hydrogen-bond acceptors (Lipinski definition) is 3. The van der Waals surface area contributed by atoms with Gasteiger partial charge in [0.15, 0.2) is 0 Å². The van der Waals surface area contributed by atoms with Crippen LogP contribution in [0.4, 0.5) is 5.69 Å². The smallest absolute Gasteiger partial charge is 0.247 e. The minimum Gasteiger partial charge on any atom is -0.330 e. The Labute approximate surface area is 176 Å². The lowest BCUT2D eigenvalue weighted by Crippen LogP contribution is -2.58. The standard InChI is InChI=1S/C23H26ClN3O2/c24-18-6-4-5-17(13-18)23(16-25)11-9-20(10-12-23)27-15-21(28)26(14-22(27)29)19-7-2-1-3-8-19/h1-8,13,20H,9-12,14-16,25H2/t20-,23-. The van der Waals surface area contributed by atoms with E-state index in [1.165, 1.54) is 5.56 Å². The Morgan fingerprint density at radius 2 is 1.69 bits per heavy atom. The van der Waals surface area contributed by atoms with Crippen LogP contribution >= 0.6 is 11.6 Å². The van der Waals surface area contributed by atoms with Crippen molar-refractivity contribution < 1.29 is 9.59 Å². The predicted molar refractivity (Wildman–Crippen MR) is 115 cm³/mol. The van der Waals surface area contributed by atoms with E-state index in [2.05, 4.69) is 6.07 Å². The van der Waals surface area contributed by atoms with Crippen molar-refractivity contribution in [1.82, 2.24) is 4.90 Å². The first kappa shape index (κ1) is 19.9. The first-order valence-corrected chi connectivity index (χ1v) is 10.5. The van der Waals surface area contributed by atoms with Gasteiger partial charge in [-0.05, 0) is 55.5 Å². The number of anilines is 1. The molecule has 1 saturated heterocycles. The Morgan fingerprint density at radius 1 is 0.966 bits per heavy atom. The highest BCUT2D eigenvalue weighted by Crippen LogP contribution is 2.41. The number of carbonyl (C=O) groups excluding carboxylic acids is 2. The van der Waals surface area contributed by atoms with Gasteiger partial charge in [0.1, 0.15) is 13.1 Å². The zero-order valence-electron chi connectivity index (χ0n) is 16.4. The van der Waals surface area contributed by atoms with E-state index in [-0.39, 0.29) is 36.4 Å². The molecular weight excluding hydrogens is 386 g/mol. The Bertz CT molecular complexity index is 894. The molecule has 0 atom stereocenters. The predicted octanol–water partition coefficient (Wildman–Crippen LogP) is 3.35. The maximum Gasteiger partial charge on any atom is 0.247 e. The fourth-order valence-corrected chi connectivity index (χ4v) is 4.90. The number of nitrogens with zero attached hydrogens (tertiary/aromatic N) is 2. The summed E-state index contributed by atoms with van der Waals surface area (Å²) in [4.78, 5) is 29.0. The van der Waals surface area contributed by atoms with Gasteiger partial charge in [0.25, 0.3) is 0 Å². The molecule has 2 N–H and O–H groups in total. The van der Waals surface area contributed by atoms with E-state index >= 15 is 0 Å². The first-order valence-electron chi connectivity index (χ1n) is 10.1. The van der Waals surface area contributed by atoms with Crippen molar-refractivity contribution in [3.8, 4) is 0 Å². The lowest BCUT2D eigenvalue weighted by Gasteiger charge is -2.45. The van der Waals surface area contributed by atoms with Crippen LogP contribution in [0.15, 0.2) is 54.6 Å². The van der Waals surface area contributed by atoms with Crippen LogP contribution < -0.4 is 10.6 Å². The largest absolute Gasteiger partial charge is 0.330 e. The lowest BCUT2D eigenvalue weighted by atomic mass is 9.68. The van der Waals surface area contributed by atoms with Gasteiger partial charge in [0, 0.05) is 28.7 Å². The maximum absolute atomic E-state index is 12.9. The SMILES string of the molecule is NC[C@]1(c2cccc(Cl)c2)CC[C@H](N2CC(=O)N(c3ccccc3)CC2=O)CC1. The van der Waals surface area contributed by atoms with E-state index in [1.54, 1.807) is 9.80 Å². The summed E-state index contributed by atoms with van der Waals surface area (Å²) in [5, 5.41) is 0.718. The lowest BCUT2D eigenvalue weighted by molar-refractivity contribution is -0.141. The van der Waals surface area contributed by atoms with Gasteiger partial charge in [0.05, 0.1) is 0 Å². The minimum absolute atomic E-state index is 0.0152. The Kier molecular flexibility index (Phi) is 5.61. The molecule has 0 unspecified atom stereocenters. The fourth-order valence-electron chi connectivity index (χ4n) is 4.71. The van der Waals surface area contributed by atoms with Crippen LogP contribution in [-0.4, -0.2) is 42.4 Å². The normalized spacial score (nSPS) is 25.4. The molecule has 29 heavy (non-hydrogen) atoms. The van der Waals surface area contributed by atoms with Crippen LogP contribution in [0.1, 0.15) is 31.2 Å². The van der Waals surface area contributed by atoms with E-state index in [1.807, 2.05) is 48.5 Å². The van der Waals surface area contributed by atoms with Gasteiger partial charge in [-0.1, -0.05) is 41.9 Å². The highest BCUT2D eigenvalue weighted by Gasteiger charge is 2.41. The zero-order valence-corrected chi connectivity index (χ0v) is 17.1. The Balaban J connectivity index is 1.45. The van der Waals surface area contributed by atoms with Crippen LogP contribution in [0.5, 0.6) is 0 Å². The summed E-state index contributed by atoms with van der Waals surface area (Å²) in [7, 11) is 0. The van der Waals surface area contributed by atoms with Crippen molar-refractivity contribution in [2.24, 2.45) is 5.73 Å². The van der Waals surface area contributed by atoms with Gasteiger partial charge in [-0.2, -0.15) is 0 Å². The molecule has 2 aromatic carbocycles.